The number of aromatic nitrogens is 1. The average molecular weight is 676 g/mol. The predicted octanol–water partition coefficient (Wildman–Crippen LogP) is 3.66. The lowest BCUT2D eigenvalue weighted by Crippen LogP contribution is -2.48. The van der Waals surface area contributed by atoms with Crippen LogP contribution in [-0.2, 0) is 16.1 Å². The highest BCUT2D eigenvalue weighted by atomic mass is 35.5. The number of primary amides is 1. The van der Waals surface area contributed by atoms with Gasteiger partial charge in [0.25, 0.3) is 0 Å². The van der Waals surface area contributed by atoms with Gasteiger partial charge in [-0.15, -0.1) is 0 Å². The second kappa shape index (κ2) is 17.2. The minimum atomic E-state index is -0.800. The number of aliphatic carboxylic acids is 1. The molecule has 1 amide bonds. The maximum atomic E-state index is 10.9. The van der Waals surface area contributed by atoms with Gasteiger partial charge in [-0.25, -0.2) is 19.8 Å². The molecule has 2 aliphatic rings. The van der Waals surface area contributed by atoms with E-state index >= 15 is 0 Å². The van der Waals surface area contributed by atoms with Crippen molar-refractivity contribution in [3.63, 3.8) is 0 Å². The number of aliphatic imine (C=N–C) groups is 2. The number of benzene rings is 1. The van der Waals surface area contributed by atoms with Crippen molar-refractivity contribution in [1.29, 1.82) is 0 Å². The molecule has 46 heavy (non-hydrogen) atoms. The number of hydrogen-bond acceptors (Lipinski definition) is 9. The van der Waals surface area contributed by atoms with Crippen molar-refractivity contribution >= 4 is 47.9 Å². The first-order valence-corrected chi connectivity index (χ1v) is 15.8. The Kier molecular flexibility index (Phi) is 13.2. The smallest absolute Gasteiger partial charge is 0.404 e. The van der Waals surface area contributed by atoms with Crippen LogP contribution < -0.4 is 10.5 Å². The number of ether oxygens (including phenoxy) is 2. The molecule has 0 atom stereocenters. The molecule has 13 nitrogen and oxygen atoms in total. The fourth-order valence-corrected chi connectivity index (χ4v) is 5.77. The second-order valence-corrected chi connectivity index (χ2v) is 11.9. The van der Waals surface area contributed by atoms with Crippen LogP contribution in [0.15, 0.2) is 52.3 Å². The summed E-state index contributed by atoms with van der Waals surface area (Å²) in [5.41, 5.74) is 7.51. The van der Waals surface area contributed by atoms with Crippen molar-refractivity contribution in [1.82, 2.24) is 24.6 Å². The van der Waals surface area contributed by atoms with Crippen LogP contribution in [0.4, 0.5) is 4.79 Å². The molecule has 0 bridgehead atoms. The minimum Gasteiger partial charge on any atom is -0.481 e. The Morgan fingerprint density at radius 1 is 0.978 bits per heavy atom. The molecule has 15 heteroatoms. The fourth-order valence-electron chi connectivity index (χ4n) is 5.24. The van der Waals surface area contributed by atoms with E-state index in [0.29, 0.717) is 79.2 Å². The van der Waals surface area contributed by atoms with Gasteiger partial charge in [0.1, 0.15) is 12.4 Å². The monoisotopic (exact) mass is 674 g/mol. The largest absolute Gasteiger partial charge is 0.481 e. The molecule has 248 valence electrons. The number of carbonyl (C=O) groups is 2. The molecule has 2 aliphatic heterocycles. The Morgan fingerprint density at radius 2 is 1.61 bits per heavy atom. The summed E-state index contributed by atoms with van der Waals surface area (Å²) in [6.45, 7) is 13.7. The molecule has 4 rings (SSSR count). The van der Waals surface area contributed by atoms with Gasteiger partial charge in [-0.1, -0.05) is 23.2 Å². The lowest BCUT2D eigenvalue weighted by Gasteiger charge is -2.34. The number of piperazine rings is 2. The molecule has 2 fully saturated rings. The maximum Gasteiger partial charge on any atom is 0.404 e. The van der Waals surface area contributed by atoms with Crippen molar-refractivity contribution < 1.29 is 24.2 Å². The van der Waals surface area contributed by atoms with Gasteiger partial charge in [0, 0.05) is 93.7 Å². The van der Waals surface area contributed by atoms with Crippen molar-refractivity contribution in [3.05, 3.63) is 57.9 Å². The fraction of sp³-hybridized carbons (Fsp3) is 0.452. The van der Waals surface area contributed by atoms with E-state index in [-0.39, 0.29) is 13.0 Å². The number of amides is 1. The summed E-state index contributed by atoms with van der Waals surface area (Å²) >= 11 is 12.6. The minimum absolute atomic E-state index is 0.118. The molecular weight excluding hydrogens is 635 g/mol. The first-order valence-electron chi connectivity index (χ1n) is 15.0. The normalized spacial score (nSPS) is 17.2. The third-order valence-corrected chi connectivity index (χ3v) is 8.05. The molecule has 0 unspecified atom stereocenters. The molecule has 2 saturated heterocycles. The van der Waals surface area contributed by atoms with Crippen LogP contribution in [0.3, 0.4) is 0 Å². The van der Waals surface area contributed by atoms with Crippen LogP contribution in [0.25, 0.3) is 11.3 Å². The third kappa shape index (κ3) is 11.2. The van der Waals surface area contributed by atoms with Gasteiger partial charge in [-0.2, -0.15) is 0 Å². The number of carbonyl (C=O) groups excluding carboxylic acids is 1. The number of carboxylic acid groups (broad SMARTS) is 1. The topological polar surface area (TPSA) is 149 Å². The van der Waals surface area contributed by atoms with Crippen LogP contribution in [0.1, 0.15) is 18.9 Å². The zero-order valence-electron chi connectivity index (χ0n) is 25.9. The number of nitrogens with two attached hydrogens (primary N) is 1. The molecule has 2 aromatic rings. The van der Waals surface area contributed by atoms with Gasteiger partial charge in [0.05, 0.1) is 18.3 Å². The molecule has 0 radical (unpaired) electrons. The van der Waals surface area contributed by atoms with E-state index in [1.54, 1.807) is 19.2 Å². The Balaban J connectivity index is 1.45. The third-order valence-electron chi connectivity index (χ3n) is 7.61. The zero-order valence-corrected chi connectivity index (χ0v) is 27.4. The van der Waals surface area contributed by atoms with Gasteiger partial charge in [0.2, 0.25) is 11.8 Å². The van der Waals surface area contributed by atoms with Gasteiger partial charge in [-0.05, 0) is 43.5 Å². The number of hydrogen-bond donors (Lipinski definition) is 2. The Labute approximate surface area is 278 Å². The quantitative estimate of drug-likeness (QED) is 0.194. The van der Waals surface area contributed by atoms with Gasteiger partial charge < -0.3 is 25.2 Å². The van der Waals surface area contributed by atoms with Crippen molar-refractivity contribution in [2.24, 2.45) is 15.7 Å². The highest BCUT2D eigenvalue weighted by Gasteiger charge is 2.20. The summed E-state index contributed by atoms with van der Waals surface area (Å²) in [7, 11) is 0. The van der Waals surface area contributed by atoms with Crippen LogP contribution in [0.5, 0.6) is 5.88 Å². The van der Waals surface area contributed by atoms with E-state index in [2.05, 4.69) is 31.4 Å². The maximum absolute atomic E-state index is 10.9. The molecule has 1 aromatic heterocycles. The summed E-state index contributed by atoms with van der Waals surface area (Å²) in [5, 5.41) is 9.96. The van der Waals surface area contributed by atoms with Crippen molar-refractivity contribution in [2.75, 3.05) is 72.1 Å². The first kappa shape index (κ1) is 35.1. The summed E-state index contributed by atoms with van der Waals surface area (Å²) in [6, 6.07) is 9.22. The molecular formula is C31H40Cl2N8O5. The summed E-state index contributed by atoms with van der Waals surface area (Å²) in [4.78, 5) is 43.8. The highest BCUT2D eigenvalue weighted by Crippen LogP contribution is 2.29. The van der Waals surface area contributed by atoms with Gasteiger partial charge >= 0.3 is 12.1 Å². The molecule has 0 spiro atoms. The van der Waals surface area contributed by atoms with Crippen molar-refractivity contribution in [2.45, 2.75) is 19.9 Å². The number of rotatable bonds is 12. The molecule has 3 N–H and O–H groups in total. The molecule has 1 aromatic carbocycles. The SMILES string of the molecule is C=NC(=N/C=C(\C)Oc1cc(CN2CCN(CCOC(N)=O)CC2)cc(-c2cc(Cl)cc(Cl)c2)n1)N1CCN(CCC(=O)O)CC1. The lowest BCUT2D eigenvalue weighted by atomic mass is 10.1. The molecule has 0 saturated carbocycles. The van der Waals surface area contributed by atoms with E-state index in [0.717, 1.165) is 37.3 Å². The number of halogens is 2. The summed E-state index contributed by atoms with van der Waals surface area (Å²) in [5.74, 6) is 0.574. The highest BCUT2D eigenvalue weighted by molar-refractivity contribution is 6.35. The summed E-state index contributed by atoms with van der Waals surface area (Å²) < 4.78 is 11.0. The van der Waals surface area contributed by atoms with Gasteiger partial charge in [0.15, 0.2) is 0 Å². The lowest BCUT2D eigenvalue weighted by molar-refractivity contribution is -0.137. The van der Waals surface area contributed by atoms with Crippen LogP contribution in [-0.4, -0.2) is 126 Å². The van der Waals surface area contributed by atoms with Crippen LogP contribution in [0.2, 0.25) is 10.0 Å². The van der Waals surface area contributed by atoms with E-state index in [1.165, 1.54) is 0 Å². The van der Waals surface area contributed by atoms with Crippen LogP contribution in [0, 0.1) is 0 Å². The Morgan fingerprint density at radius 3 is 2.24 bits per heavy atom. The predicted molar refractivity (Wildman–Crippen MR) is 179 cm³/mol. The first-order chi connectivity index (χ1) is 22.1. The summed E-state index contributed by atoms with van der Waals surface area (Å²) in [6.07, 6.45) is 0.949. The number of guanidine groups is 1. The standard InChI is InChI=1S/C31H40Cl2N8O5/c1-22(20-36-31(35-2)41-11-9-38(10-12-41)4-3-29(42)43)46-28-16-23(15-27(37-28)24-17-25(32)19-26(33)18-24)21-40-7-5-39(6-8-40)13-14-45-30(34)44/h15-20H,2-14,21H2,1H3,(H2,34,44)(H,42,43)/b22-20+,36-31?. The molecule has 3 heterocycles. The van der Waals surface area contributed by atoms with E-state index in [1.807, 2.05) is 29.2 Å². The van der Waals surface area contributed by atoms with Gasteiger partial charge in [-0.3, -0.25) is 19.5 Å². The zero-order chi connectivity index (χ0) is 33.1. The number of carboxylic acids is 1. The Bertz CT molecular complexity index is 1420. The van der Waals surface area contributed by atoms with E-state index in [9.17, 15) is 9.59 Å². The molecule has 0 aliphatic carbocycles. The van der Waals surface area contributed by atoms with E-state index in [4.69, 9.17) is 48.5 Å². The average Bonchev–Trinajstić information content (AvgIpc) is 3.01. The number of pyridine rings is 1. The second-order valence-electron chi connectivity index (χ2n) is 11.0. The number of allylic oxidation sites excluding steroid dienone is 1. The number of nitrogens with zero attached hydrogens (tertiary/aromatic N) is 7. The Hall–Kier alpha value is -3.75. The van der Waals surface area contributed by atoms with E-state index < -0.39 is 12.1 Å². The van der Waals surface area contributed by atoms with Crippen LogP contribution >= 0.6 is 23.2 Å². The van der Waals surface area contributed by atoms with Crippen molar-refractivity contribution in [3.8, 4) is 17.1 Å².